The van der Waals surface area contributed by atoms with E-state index in [1.807, 2.05) is 19.1 Å². The maximum atomic E-state index is 12.4. The Morgan fingerprint density at radius 2 is 1.11 bits per heavy atom. The lowest BCUT2D eigenvalue weighted by Gasteiger charge is -2.09. The maximum Gasteiger partial charge on any atom is 0.343 e. The van der Waals surface area contributed by atoms with Crippen LogP contribution in [-0.4, -0.2) is 31.1 Å². The average Bonchev–Trinajstić information content (AvgIpc) is 2.87. The number of aryl methyl sites for hydroxylation is 1. The standard InChI is InChI=1S/C29H28O7/c1-20(2)27(30)34-19-5-4-18-33-24-12-10-23(11-13-24)29(32)36-26-16-14-25(15-17-26)35-28(31)22-8-6-21(3)7-9-22/h6-17H,1,4-5,18-19H2,2-3H3. The second-order valence-electron chi connectivity index (χ2n) is 8.11. The van der Waals surface area contributed by atoms with E-state index in [9.17, 15) is 14.4 Å². The van der Waals surface area contributed by atoms with Gasteiger partial charge in [0.25, 0.3) is 0 Å². The van der Waals surface area contributed by atoms with E-state index in [0.29, 0.717) is 60.0 Å². The molecule has 0 radical (unpaired) electrons. The molecule has 0 aliphatic heterocycles. The Morgan fingerprint density at radius 1 is 0.667 bits per heavy atom. The molecule has 0 saturated heterocycles. The third-order valence-electron chi connectivity index (χ3n) is 5.01. The largest absolute Gasteiger partial charge is 0.494 e. The van der Waals surface area contributed by atoms with E-state index < -0.39 is 17.9 Å². The first-order chi connectivity index (χ1) is 17.3. The van der Waals surface area contributed by atoms with Crippen molar-refractivity contribution in [2.45, 2.75) is 26.7 Å². The predicted octanol–water partition coefficient (Wildman–Crippen LogP) is 5.71. The number of esters is 3. The van der Waals surface area contributed by atoms with Crippen LogP contribution in [0.1, 0.15) is 46.0 Å². The molecule has 0 aliphatic rings. The number of ether oxygens (including phenoxy) is 4. The molecule has 0 aromatic heterocycles. The van der Waals surface area contributed by atoms with E-state index in [-0.39, 0.29) is 0 Å². The Labute approximate surface area is 210 Å². The second-order valence-corrected chi connectivity index (χ2v) is 8.11. The van der Waals surface area contributed by atoms with Crippen molar-refractivity contribution in [2.75, 3.05) is 13.2 Å². The van der Waals surface area contributed by atoms with Crippen molar-refractivity contribution in [3.8, 4) is 17.2 Å². The lowest BCUT2D eigenvalue weighted by atomic mass is 10.1. The maximum absolute atomic E-state index is 12.4. The van der Waals surface area contributed by atoms with Crippen LogP contribution in [0, 0.1) is 6.92 Å². The highest BCUT2D eigenvalue weighted by atomic mass is 16.5. The Morgan fingerprint density at radius 3 is 1.61 bits per heavy atom. The highest BCUT2D eigenvalue weighted by molar-refractivity contribution is 5.92. The number of benzene rings is 3. The van der Waals surface area contributed by atoms with Gasteiger partial charge in [-0.1, -0.05) is 24.3 Å². The molecule has 0 spiro atoms. The summed E-state index contributed by atoms with van der Waals surface area (Å²) in [6.07, 6.45) is 1.39. The van der Waals surface area contributed by atoms with Crippen molar-refractivity contribution in [3.63, 3.8) is 0 Å². The molecular formula is C29H28O7. The van der Waals surface area contributed by atoms with E-state index in [0.717, 1.165) is 5.56 Å². The Bertz CT molecular complexity index is 1190. The van der Waals surface area contributed by atoms with Crippen LogP contribution in [-0.2, 0) is 9.53 Å². The van der Waals surface area contributed by atoms with Gasteiger partial charge in [-0.05, 0) is 87.4 Å². The van der Waals surface area contributed by atoms with E-state index in [1.54, 1.807) is 67.6 Å². The number of carbonyl (C=O) groups is 3. The van der Waals surface area contributed by atoms with Crippen LogP contribution in [0.2, 0.25) is 0 Å². The zero-order chi connectivity index (χ0) is 25.9. The minimum atomic E-state index is -0.523. The van der Waals surface area contributed by atoms with Gasteiger partial charge in [-0.2, -0.15) is 0 Å². The summed E-state index contributed by atoms with van der Waals surface area (Å²) >= 11 is 0. The summed E-state index contributed by atoms with van der Waals surface area (Å²) in [6.45, 7) is 7.84. The molecule has 0 N–H and O–H groups in total. The number of unbranched alkanes of at least 4 members (excludes halogenated alkanes) is 1. The first-order valence-corrected chi connectivity index (χ1v) is 11.5. The molecule has 0 bridgehead atoms. The van der Waals surface area contributed by atoms with Crippen LogP contribution in [0.4, 0.5) is 0 Å². The normalized spacial score (nSPS) is 10.3. The van der Waals surface area contributed by atoms with Crippen molar-refractivity contribution in [2.24, 2.45) is 0 Å². The van der Waals surface area contributed by atoms with Gasteiger partial charge in [0.2, 0.25) is 0 Å². The van der Waals surface area contributed by atoms with Gasteiger partial charge in [-0.3, -0.25) is 0 Å². The fraction of sp³-hybridized carbons (Fsp3) is 0.207. The predicted molar refractivity (Wildman–Crippen MR) is 134 cm³/mol. The highest BCUT2D eigenvalue weighted by Crippen LogP contribution is 2.21. The molecule has 186 valence electrons. The minimum Gasteiger partial charge on any atom is -0.494 e. The molecule has 7 nitrogen and oxygen atoms in total. The monoisotopic (exact) mass is 488 g/mol. The first kappa shape index (κ1) is 26.2. The number of hydrogen-bond donors (Lipinski definition) is 0. The van der Waals surface area contributed by atoms with Crippen LogP contribution < -0.4 is 14.2 Å². The molecule has 3 aromatic rings. The quantitative estimate of drug-likeness (QED) is 0.148. The lowest BCUT2D eigenvalue weighted by molar-refractivity contribution is -0.139. The van der Waals surface area contributed by atoms with Crippen LogP contribution >= 0.6 is 0 Å². The van der Waals surface area contributed by atoms with Gasteiger partial charge in [-0.25, -0.2) is 14.4 Å². The molecule has 0 heterocycles. The molecule has 0 unspecified atom stereocenters. The summed E-state index contributed by atoms with van der Waals surface area (Å²) < 4.78 is 21.4. The lowest BCUT2D eigenvalue weighted by Crippen LogP contribution is -2.10. The summed E-state index contributed by atoms with van der Waals surface area (Å²) in [5, 5.41) is 0. The number of rotatable bonds is 11. The summed E-state index contributed by atoms with van der Waals surface area (Å²) in [4.78, 5) is 36.0. The molecule has 0 fully saturated rings. The van der Waals surface area contributed by atoms with Crippen LogP contribution in [0.25, 0.3) is 0 Å². The molecule has 0 amide bonds. The summed E-state index contributed by atoms with van der Waals surface area (Å²) in [5.41, 5.74) is 2.24. The second kappa shape index (κ2) is 12.9. The van der Waals surface area contributed by atoms with Crippen molar-refractivity contribution in [1.82, 2.24) is 0 Å². The Hall–Kier alpha value is -4.39. The SMILES string of the molecule is C=C(C)C(=O)OCCCCOc1ccc(C(=O)Oc2ccc(OC(=O)c3ccc(C)cc3)cc2)cc1. The fourth-order valence-corrected chi connectivity index (χ4v) is 2.97. The summed E-state index contributed by atoms with van der Waals surface area (Å²) in [5.74, 6) is -0.0988. The van der Waals surface area contributed by atoms with Crippen molar-refractivity contribution < 1.29 is 33.3 Å². The van der Waals surface area contributed by atoms with Crippen molar-refractivity contribution in [3.05, 3.63) is 102 Å². The molecule has 36 heavy (non-hydrogen) atoms. The first-order valence-electron chi connectivity index (χ1n) is 11.5. The Balaban J connectivity index is 1.42. The van der Waals surface area contributed by atoms with Crippen LogP contribution in [0.3, 0.4) is 0 Å². The van der Waals surface area contributed by atoms with Crippen molar-refractivity contribution in [1.29, 1.82) is 0 Å². The topological polar surface area (TPSA) is 88.1 Å². The summed E-state index contributed by atoms with van der Waals surface area (Å²) in [6, 6.07) is 19.9. The number of hydrogen-bond acceptors (Lipinski definition) is 7. The molecule has 7 heteroatoms. The van der Waals surface area contributed by atoms with Gasteiger partial charge < -0.3 is 18.9 Å². The Kier molecular flexibility index (Phi) is 9.40. The van der Waals surface area contributed by atoms with E-state index in [2.05, 4.69) is 6.58 Å². The third-order valence-corrected chi connectivity index (χ3v) is 5.01. The van der Waals surface area contributed by atoms with Gasteiger partial charge >= 0.3 is 17.9 Å². The zero-order valence-corrected chi connectivity index (χ0v) is 20.3. The molecule has 0 aliphatic carbocycles. The van der Waals surface area contributed by atoms with E-state index in [4.69, 9.17) is 18.9 Å². The fourth-order valence-electron chi connectivity index (χ4n) is 2.97. The average molecular weight is 489 g/mol. The molecule has 0 atom stereocenters. The third kappa shape index (κ3) is 8.13. The zero-order valence-electron chi connectivity index (χ0n) is 20.3. The van der Waals surface area contributed by atoms with Gasteiger partial charge in [0.05, 0.1) is 24.3 Å². The molecule has 0 saturated carbocycles. The smallest absolute Gasteiger partial charge is 0.343 e. The molecule has 3 aromatic carbocycles. The highest BCUT2D eigenvalue weighted by Gasteiger charge is 2.11. The van der Waals surface area contributed by atoms with Crippen LogP contribution in [0.15, 0.2) is 84.9 Å². The minimum absolute atomic E-state index is 0.315. The van der Waals surface area contributed by atoms with Crippen LogP contribution in [0.5, 0.6) is 17.2 Å². The number of carbonyl (C=O) groups excluding carboxylic acids is 3. The summed E-state index contributed by atoms with van der Waals surface area (Å²) in [7, 11) is 0. The van der Waals surface area contributed by atoms with Crippen molar-refractivity contribution >= 4 is 17.9 Å². The van der Waals surface area contributed by atoms with E-state index in [1.165, 1.54) is 0 Å². The van der Waals surface area contributed by atoms with E-state index >= 15 is 0 Å². The molecular weight excluding hydrogens is 460 g/mol. The van der Waals surface area contributed by atoms with Gasteiger partial charge in [0, 0.05) is 5.57 Å². The van der Waals surface area contributed by atoms with Gasteiger partial charge in [-0.15, -0.1) is 0 Å². The molecule has 3 rings (SSSR count). The van der Waals surface area contributed by atoms with Gasteiger partial charge in [0.15, 0.2) is 0 Å². The van der Waals surface area contributed by atoms with Gasteiger partial charge in [0.1, 0.15) is 17.2 Å².